The van der Waals surface area contributed by atoms with Crippen molar-refractivity contribution in [1.29, 1.82) is 0 Å². The van der Waals surface area contributed by atoms with E-state index < -0.39 is 0 Å². The molecule has 1 N–H and O–H groups in total. The summed E-state index contributed by atoms with van der Waals surface area (Å²) in [6.45, 7) is 6.22. The zero-order chi connectivity index (χ0) is 14.7. The number of fused-ring (bicyclic) bond motifs is 2. The smallest absolute Gasteiger partial charge is 0.147 e. The number of anilines is 1. The molecule has 2 fully saturated rings. The second-order valence-electron chi connectivity index (χ2n) is 6.33. The summed E-state index contributed by atoms with van der Waals surface area (Å²) in [6, 6.07) is 1.45. The van der Waals surface area contributed by atoms with Gasteiger partial charge in [-0.2, -0.15) is 0 Å². The largest absolute Gasteiger partial charge is 0.354 e. The van der Waals surface area contributed by atoms with E-state index in [4.69, 9.17) is 0 Å². The van der Waals surface area contributed by atoms with Gasteiger partial charge >= 0.3 is 0 Å². The fourth-order valence-corrected chi connectivity index (χ4v) is 3.51. The van der Waals surface area contributed by atoms with Crippen molar-refractivity contribution in [1.82, 2.24) is 20.2 Å². The van der Waals surface area contributed by atoms with E-state index in [9.17, 15) is 0 Å². The fraction of sp³-hybridized carbons (Fsp3) is 0.750. The summed E-state index contributed by atoms with van der Waals surface area (Å²) in [6.07, 6.45) is 8.95. The topological polar surface area (TPSA) is 44.3 Å². The third-order valence-corrected chi connectivity index (χ3v) is 4.90. The van der Waals surface area contributed by atoms with Crippen molar-refractivity contribution in [3.8, 4) is 0 Å². The van der Waals surface area contributed by atoms with Gasteiger partial charge in [0, 0.05) is 31.7 Å². The Morgan fingerprint density at radius 3 is 2.81 bits per heavy atom. The molecule has 3 rings (SSSR count). The molecule has 0 saturated carbocycles. The molecule has 5 nitrogen and oxygen atoms in total. The maximum absolute atomic E-state index is 4.64. The molecule has 1 aromatic heterocycles. The monoisotopic (exact) mass is 289 g/mol. The summed E-state index contributed by atoms with van der Waals surface area (Å²) in [5.41, 5.74) is 1.03. The van der Waals surface area contributed by atoms with Crippen LogP contribution in [0.1, 0.15) is 38.3 Å². The van der Waals surface area contributed by atoms with Gasteiger partial charge in [0.15, 0.2) is 0 Å². The number of nitrogens with zero attached hydrogens (tertiary/aromatic N) is 4. The molecule has 2 atom stereocenters. The number of hydrogen-bond donors (Lipinski definition) is 1. The summed E-state index contributed by atoms with van der Waals surface area (Å²) in [5.74, 6) is 1.04. The Balaban J connectivity index is 1.61. The predicted octanol–water partition coefficient (Wildman–Crippen LogP) is 1.65. The van der Waals surface area contributed by atoms with Crippen LogP contribution >= 0.6 is 0 Å². The van der Waals surface area contributed by atoms with Crippen LogP contribution in [0.5, 0.6) is 0 Å². The first-order chi connectivity index (χ1) is 10.3. The summed E-state index contributed by atoms with van der Waals surface area (Å²) in [5, 5.41) is 3.37. The quantitative estimate of drug-likeness (QED) is 0.835. The molecule has 0 aliphatic carbocycles. The van der Waals surface area contributed by atoms with Crippen LogP contribution in [0.15, 0.2) is 12.4 Å². The molecule has 3 heterocycles. The molecular weight excluding hydrogens is 262 g/mol. The van der Waals surface area contributed by atoms with Gasteiger partial charge in [0.25, 0.3) is 0 Å². The van der Waals surface area contributed by atoms with Crippen LogP contribution in [0.4, 0.5) is 5.82 Å². The first-order valence-corrected chi connectivity index (χ1v) is 8.26. The van der Waals surface area contributed by atoms with Crippen molar-refractivity contribution in [2.45, 2.75) is 51.2 Å². The molecule has 0 spiro atoms. The first kappa shape index (κ1) is 14.7. The maximum Gasteiger partial charge on any atom is 0.147 e. The van der Waals surface area contributed by atoms with Crippen molar-refractivity contribution >= 4 is 5.82 Å². The highest BCUT2D eigenvalue weighted by molar-refractivity contribution is 5.37. The van der Waals surface area contributed by atoms with Crippen molar-refractivity contribution < 1.29 is 0 Å². The lowest BCUT2D eigenvalue weighted by molar-refractivity contribution is 0.254. The van der Waals surface area contributed by atoms with E-state index in [2.05, 4.69) is 39.1 Å². The van der Waals surface area contributed by atoms with E-state index in [1.807, 2.05) is 12.4 Å². The van der Waals surface area contributed by atoms with Crippen LogP contribution in [0.25, 0.3) is 0 Å². The number of rotatable bonds is 5. The Morgan fingerprint density at radius 2 is 2.05 bits per heavy atom. The van der Waals surface area contributed by atoms with Crippen LogP contribution in [0.3, 0.4) is 0 Å². The minimum absolute atomic E-state index is 0.685. The Kier molecular flexibility index (Phi) is 4.70. The third-order valence-electron chi connectivity index (χ3n) is 4.90. The second kappa shape index (κ2) is 6.71. The average Bonchev–Trinajstić information content (AvgIpc) is 2.74. The Hall–Kier alpha value is -1.20. The lowest BCUT2D eigenvalue weighted by Gasteiger charge is -2.26. The summed E-state index contributed by atoms with van der Waals surface area (Å²) >= 11 is 0. The van der Waals surface area contributed by atoms with E-state index in [1.165, 1.54) is 19.3 Å². The van der Waals surface area contributed by atoms with Gasteiger partial charge in [0.05, 0.1) is 18.1 Å². The zero-order valence-electron chi connectivity index (χ0n) is 13.3. The van der Waals surface area contributed by atoms with Gasteiger partial charge in [0.2, 0.25) is 0 Å². The molecule has 5 heteroatoms. The van der Waals surface area contributed by atoms with Crippen LogP contribution in [0, 0.1) is 0 Å². The predicted molar refractivity (Wildman–Crippen MR) is 85.4 cm³/mol. The molecule has 2 bridgehead atoms. The lowest BCUT2D eigenvalue weighted by Crippen LogP contribution is -2.37. The van der Waals surface area contributed by atoms with Gasteiger partial charge in [-0.3, -0.25) is 9.88 Å². The SMILES string of the molecule is CCCNCc1cnc(N2CCC3CCC(C2)N3C)cn1. The zero-order valence-corrected chi connectivity index (χ0v) is 13.3. The molecule has 2 unspecified atom stereocenters. The van der Waals surface area contributed by atoms with Crippen LogP contribution in [0.2, 0.25) is 0 Å². The average molecular weight is 289 g/mol. The molecule has 21 heavy (non-hydrogen) atoms. The number of likely N-dealkylation sites (N-methyl/N-ethyl adjacent to an activating group) is 1. The van der Waals surface area contributed by atoms with Crippen molar-refractivity contribution in [3.63, 3.8) is 0 Å². The molecule has 0 radical (unpaired) electrons. The van der Waals surface area contributed by atoms with Crippen molar-refractivity contribution in [3.05, 3.63) is 18.1 Å². The van der Waals surface area contributed by atoms with Crippen LogP contribution in [-0.4, -0.2) is 53.6 Å². The maximum atomic E-state index is 4.64. The normalized spacial score (nSPS) is 26.1. The summed E-state index contributed by atoms with van der Waals surface area (Å²) in [7, 11) is 2.28. The van der Waals surface area contributed by atoms with E-state index in [0.29, 0.717) is 6.04 Å². The van der Waals surface area contributed by atoms with Gasteiger partial charge in [-0.15, -0.1) is 0 Å². The van der Waals surface area contributed by atoms with Gasteiger partial charge in [-0.05, 0) is 39.3 Å². The highest BCUT2D eigenvalue weighted by Crippen LogP contribution is 2.29. The Labute approximate surface area is 127 Å². The number of nitrogens with one attached hydrogen (secondary N) is 1. The van der Waals surface area contributed by atoms with Crippen LogP contribution in [-0.2, 0) is 6.54 Å². The van der Waals surface area contributed by atoms with Gasteiger partial charge in [0.1, 0.15) is 5.82 Å². The van der Waals surface area contributed by atoms with E-state index >= 15 is 0 Å². The second-order valence-corrected chi connectivity index (χ2v) is 6.33. The number of hydrogen-bond acceptors (Lipinski definition) is 5. The van der Waals surface area contributed by atoms with Gasteiger partial charge in [-0.25, -0.2) is 4.98 Å². The molecule has 2 aliphatic heterocycles. The molecule has 1 aromatic rings. The fourth-order valence-electron chi connectivity index (χ4n) is 3.51. The van der Waals surface area contributed by atoms with E-state index in [1.54, 1.807) is 0 Å². The van der Waals surface area contributed by atoms with Crippen molar-refractivity contribution in [2.75, 3.05) is 31.6 Å². The third kappa shape index (κ3) is 3.35. The molecule has 0 aromatic carbocycles. The first-order valence-electron chi connectivity index (χ1n) is 8.26. The van der Waals surface area contributed by atoms with E-state index in [-0.39, 0.29) is 0 Å². The minimum Gasteiger partial charge on any atom is -0.354 e. The Morgan fingerprint density at radius 1 is 1.19 bits per heavy atom. The molecule has 2 saturated heterocycles. The molecule has 116 valence electrons. The standard InChI is InChI=1S/C16H27N5/c1-3-7-17-9-13-10-19-16(11-18-13)21-8-6-14-4-5-15(12-21)20(14)2/h10-11,14-15,17H,3-9,12H2,1-2H3. The molecule has 2 aliphatic rings. The highest BCUT2D eigenvalue weighted by atomic mass is 15.3. The number of aromatic nitrogens is 2. The Bertz CT molecular complexity index is 446. The van der Waals surface area contributed by atoms with Crippen molar-refractivity contribution in [2.24, 2.45) is 0 Å². The van der Waals surface area contributed by atoms with Crippen LogP contribution < -0.4 is 10.2 Å². The summed E-state index contributed by atoms with van der Waals surface area (Å²) < 4.78 is 0. The molecule has 0 amide bonds. The van der Waals surface area contributed by atoms with E-state index in [0.717, 1.165) is 50.2 Å². The summed E-state index contributed by atoms with van der Waals surface area (Å²) in [4.78, 5) is 14.2. The minimum atomic E-state index is 0.685. The molecular formula is C16H27N5. The van der Waals surface area contributed by atoms with Gasteiger partial charge < -0.3 is 10.2 Å². The van der Waals surface area contributed by atoms with Gasteiger partial charge in [-0.1, -0.05) is 6.92 Å². The highest BCUT2D eigenvalue weighted by Gasteiger charge is 2.34. The lowest BCUT2D eigenvalue weighted by atomic mass is 10.1.